The molecule has 0 saturated carbocycles. The molecule has 2 heteroatoms. The molecule has 1 N–H and O–H groups in total. The summed E-state index contributed by atoms with van der Waals surface area (Å²) in [5, 5.41) is 9.26. The molecule has 1 aromatic rings. The second-order valence-electron chi connectivity index (χ2n) is 2.60. The summed E-state index contributed by atoms with van der Waals surface area (Å²) in [4.78, 5) is 0. The minimum atomic E-state index is 0.185. The zero-order valence-electron chi connectivity index (χ0n) is 7.21. The first-order chi connectivity index (χ1) is 5.84. The maximum atomic E-state index is 9.26. The molecule has 0 unspecified atom stereocenters. The number of phenols is 1. The monoisotopic (exact) mass is 165 g/mol. The van der Waals surface area contributed by atoms with Crippen molar-refractivity contribution in [3.63, 3.8) is 0 Å². The molecular weight excluding hydrogens is 152 g/mol. The Morgan fingerprint density at radius 3 is 3.08 bits per heavy atom. The van der Waals surface area contributed by atoms with Gasteiger partial charge in [-0.15, -0.1) is 0 Å². The zero-order valence-corrected chi connectivity index (χ0v) is 7.21. The molecule has 1 radical (unpaired) electrons. The van der Waals surface area contributed by atoms with Crippen LogP contribution >= 0.6 is 0 Å². The standard InChI is InChI=1S/C10H13O2/c1-2-3-8-12-10-7-5-4-6-9(10)11/h4,6-7,11H,2-3,8H2,1H3. The number of hydrogen-bond acceptors (Lipinski definition) is 2. The van der Waals surface area contributed by atoms with E-state index in [2.05, 4.69) is 13.0 Å². The number of benzene rings is 1. The van der Waals surface area contributed by atoms with E-state index in [-0.39, 0.29) is 5.75 Å². The van der Waals surface area contributed by atoms with Crippen LogP contribution in [0.25, 0.3) is 0 Å². The Kier molecular flexibility index (Phi) is 3.45. The molecule has 2 nitrogen and oxygen atoms in total. The summed E-state index contributed by atoms with van der Waals surface area (Å²) in [6.07, 6.45) is 2.10. The molecule has 1 aromatic carbocycles. The Labute approximate surface area is 72.8 Å². The van der Waals surface area contributed by atoms with Crippen LogP contribution in [-0.2, 0) is 0 Å². The lowest BCUT2D eigenvalue weighted by Crippen LogP contribution is -1.96. The van der Waals surface area contributed by atoms with Crippen LogP contribution in [0.5, 0.6) is 11.5 Å². The second kappa shape index (κ2) is 4.65. The lowest BCUT2D eigenvalue weighted by Gasteiger charge is -2.05. The molecule has 0 atom stereocenters. The van der Waals surface area contributed by atoms with E-state index in [1.165, 1.54) is 0 Å². The van der Waals surface area contributed by atoms with Crippen molar-refractivity contribution >= 4 is 0 Å². The van der Waals surface area contributed by atoms with Gasteiger partial charge in [0.2, 0.25) is 0 Å². The molecule has 65 valence electrons. The largest absolute Gasteiger partial charge is 0.504 e. The van der Waals surface area contributed by atoms with Gasteiger partial charge in [0.25, 0.3) is 0 Å². The summed E-state index contributed by atoms with van der Waals surface area (Å²) in [5.74, 6) is 0.704. The first kappa shape index (κ1) is 8.91. The average molecular weight is 165 g/mol. The third kappa shape index (κ3) is 2.46. The Morgan fingerprint density at radius 1 is 1.58 bits per heavy atom. The highest BCUT2D eigenvalue weighted by Crippen LogP contribution is 2.23. The fraction of sp³-hybridized carbons (Fsp3) is 0.400. The number of phenolic OH excluding ortho intramolecular Hbond substituents is 1. The number of ether oxygens (including phenoxy) is 1. The van der Waals surface area contributed by atoms with Crippen molar-refractivity contribution in [3.05, 3.63) is 24.3 Å². The van der Waals surface area contributed by atoms with Crippen LogP contribution in [0.3, 0.4) is 0 Å². The molecule has 0 aliphatic carbocycles. The summed E-state index contributed by atoms with van der Waals surface area (Å²) in [6, 6.07) is 7.71. The van der Waals surface area contributed by atoms with Crippen molar-refractivity contribution in [1.29, 1.82) is 0 Å². The summed E-state index contributed by atoms with van der Waals surface area (Å²) in [5.41, 5.74) is 0. The van der Waals surface area contributed by atoms with Gasteiger partial charge in [-0.2, -0.15) is 0 Å². The van der Waals surface area contributed by atoms with E-state index in [1.807, 2.05) is 0 Å². The third-order valence-corrected chi connectivity index (χ3v) is 1.56. The summed E-state index contributed by atoms with van der Waals surface area (Å²) in [7, 11) is 0. The highest BCUT2D eigenvalue weighted by Gasteiger charge is 1.98. The van der Waals surface area contributed by atoms with Crippen molar-refractivity contribution in [1.82, 2.24) is 0 Å². The number of rotatable bonds is 4. The van der Waals surface area contributed by atoms with Crippen LogP contribution < -0.4 is 4.74 Å². The summed E-state index contributed by atoms with van der Waals surface area (Å²) < 4.78 is 5.30. The van der Waals surface area contributed by atoms with Gasteiger partial charge >= 0.3 is 0 Å². The van der Waals surface area contributed by atoms with Gasteiger partial charge in [-0.1, -0.05) is 19.4 Å². The lowest BCUT2D eigenvalue weighted by molar-refractivity contribution is 0.293. The Bertz CT molecular complexity index is 233. The van der Waals surface area contributed by atoms with E-state index in [0.29, 0.717) is 12.4 Å². The Morgan fingerprint density at radius 2 is 2.42 bits per heavy atom. The fourth-order valence-electron chi connectivity index (χ4n) is 0.849. The predicted octanol–water partition coefficient (Wildman–Crippen LogP) is 2.37. The smallest absolute Gasteiger partial charge is 0.161 e. The van der Waals surface area contributed by atoms with Crippen LogP contribution in [0.15, 0.2) is 18.2 Å². The predicted molar refractivity (Wildman–Crippen MR) is 47.3 cm³/mol. The van der Waals surface area contributed by atoms with Crippen LogP contribution in [-0.4, -0.2) is 11.7 Å². The molecule has 0 amide bonds. The summed E-state index contributed by atoms with van der Waals surface area (Å²) in [6.45, 7) is 2.75. The van der Waals surface area contributed by atoms with E-state index < -0.39 is 0 Å². The van der Waals surface area contributed by atoms with Gasteiger partial charge in [-0.05, 0) is 24.6 Å². The minimum Gasteiger partial charge on any atom is -0.504 e. The molecule has 0 bridgehead atoms. The van der Waals surface area contributed by atoms with Crippen molar-refractivity contribution in [2.24, 2.45) is 0 Å². The molecule has 1 rings (SSSR count). The van der Waals surface area contributed by atoms with Crippen LogP contribution in [0.2, 0.25) is 0 Å². The topological polar surface area (TPSA) is 29.5 Å². The second-order valence-corrected chi connectivity index (χ2v) is 2.60. The van der Waals surface area contributed by atoms with Crippen molar-refractivity contribution < 1.29 is 9.84 Å². The number of aromatic hydroxyl groups is 1. The molecule has 0 fully saturated rings. The molecule has 0 aromatic heterocycles. The van der Waals surface area contributed by atoms with Crippen LogP contribution in [0.4, 0.5) is 0 Å². The fourth-order valence-corrected chi connectivity index (χ4v) is 0.849. The maximum Gasteiger partial charge on any atom is 0.161 e. The minimum absolute atomic E-state index is 0.185. The molecule has 0 aliphatic heterocycles. The van der Waals surface area contributed by atoms with Gasteiger partial charge in [0, 0.05) is 0 Å². The molecule has 12 heavy (non-hydrogen) atoms. The highest BCUT2D eigenvalue weighted by atomic mass is 16.5. The number of unbranched alkanes of at least 4 members (excludes halogenated alkanes) is 1. The zero-order chi connectivity index (χ0) is 8.81. The van der Waals surface area contributed by atoms with E-state index >= 15 is 0 Å². The van der Waals surface area contributed by atoms with Crippen molar-refractivity contribution in [2.45, 2.75) is 19.8 Å². The Hall–Kier alpha value is -1.18. The van der Waals surface area contributed by atoms with Crippen LogP contribution in [0, 0.1) is 6.07 Å². The van der Waals surface area contributed by atoms with E-state index in [0.717, 1.165) is 12.8 Å². The Balaban J connectivity index is 2.46. The van der Waals surface area contributed by atoms with Crippen molar-refractivity contribution in [3.8, 4) is 11.5 Å². The average Bonchev–Trinajstić information content (AvgIpc) is 2.09. The van der Waals surface area contributed by atoms with E-state index in [1.54, 1.807) is 18.2 Å². The van der Waals surface area contributed by atoms with E-state index in [9.17, 15) is 5.11 Å². The molecule has 0 heterocycles. The first-order valence-corrected chi connectivity index (χ1v) is 4.16. The van der Waals surface area contributed by atoms with Gasteiger partial charge in [0.15, 0.2) is 11.5 Å². The SMILES string of the molecule is CCCCOc1c[c]ccc1O. The first-order valence-electron chi connectivity index (χ1n) is 4.16. The molecular formula is C10H13O2. The van der Waals surface area contributed by atoms with Gasteiger partial charge in [0.1, 0.15) is 0 Å². The normalized spacial score (nSPS) is 9.75. The van der Waals surface area contributed by atoms with Crippen LogP contribution in [0.1, 0.15) is 19.8 Å². The third-order valence-electron chi connectivity index (χ3n) is 1.56. The highest BCUT2D eigenvalue weighted by molar-refractivity contribution is 5.37. The maximum absolute atomic E-state index is 9.26. The van der Waals surface area contributed by atoms with Gasteiger partial charge < -0.3 is 9.84 Å². The molecule has 0 spiro atoms. The molecule has 0 aliphatic rings. The van der Waals surface area contributed by atoms with Gasteiger partial charge in [-0.25, -0.2) is 0 Å². The quantitative estimate of drug-likeness (QED) is 0.694. The van der Waals surface area contributed by atoms with Gasteiger partial charge in [0.05, 0.1) is 6.61 Å². The summed E-state index contributed by atoms with van der Waals surface area (Å²) >= 11 is 0. The van der Waals surface area contributed by atoms with E-state index in [4.69, 9.17) is 4.74 Å². The van der Waals surface area contributed by atoms with Gasteiger partial charge in [-0.3, -0.25) is 0 Å². The molecule has 0 saturated heterocycles. The van der Waals surface area contributed by atoms with Crippen molar-refractivity contribution in [2.75, 3.05) is 6.61 Å². The number of hydrogen-bond donors (Lipinski definition) is 1. The lowest BCUT2D eigenvalue weighted by atomic mass is 10.3.